The molecule has 1 aromatic rings. The molecule has 118 valence electrons. The van der Waals surface area contributed by atoms with E-state index < -0.39 is 11.8 Å². The maximum absolute atomic E-state index is 12.0. The minimum atomic E-state index is -0.647. The fraction of sp³-hybridized carbons (Fsp3) is 0.588. The first-order chi connectivity index (χ1) is 10.5. The molecule has 2 saturated carbocycles. The highest BCUT2D eigenvalue weighted by Crippen LogP contribution is 2.49. The molecule has 2 fully saturated rings. The number of aromatic nitrogens is 1. The Balaban J connectivity index is 1.52. The third kappa shape index (κ3) is 3.13. The van der Waals surface area contributed by atoms with Crippen molar-refractivity contribution in [2.24, 2.45) is 17.8 Å². The van der Waals surface area contributed by atoms with E-state index >= 15 is 0 Å². The molecule has 3 rings (SSSR count). The van der Waals surface area contributed by atoms with Crippen molar-refractivity contribution in [2.75, 3.05) is 5.32 Å². The van der Waals surface area contributed by atoms with Crippen LogP contribution in [0.1, 0.15) is 38.2 Å². The van der Waals surface area contributed by atoms with Crippen molar-refractivity contribution in [1.29, 1.82) is 0 Å². The summed E-state index contributed by atoms with van der Waals surface area (Å²) in [7, 11) is 0. The molecule has 2 amide bonds. The average Bonchev–Trinajstić information content (AvgIpc) is 3.12. The number of rotatable bonds is 3. The molecule has 1 aromatic heterocycles. The quantitative estimate of drug-likeness (QED) is 0.841. The molecule has 2 aliphatic carbocycles. The third-order valence-corrected chi connectivity index (χ3v) is 5.15. The van der Waals surface area contributed by atoms with Gasteiger partial charge in [0.15, 0.2) is 0 Å². The normalized spacial score (nSPS) is 27.5. The molecule has 2 aliphatic rings. The van der Waals surface area contributed by atoms with Gasteiger partial charge in [-0.3, -0.25) is 9.59 Å². The standard InChI is InChI=1S/C17H23N3O2/c1-10-3-6-15(18-9-10)20-17(22)16(21)19-11(2)14-8-12-4-5-13(14)7-12/h3,6,9,11-14H,4-5,7-8H2,1-2H3,(H,19,21)(H,18,20,22). The van der Waals surface area contributed by atoms with Crippen LogP contribution in [0.25, 0.3) is 0 Å². The second kappa shape index (κ2) is 6.07. The Hall–Kier alpha value is -1.91. The highest BCUT2D eigenvalue weighted by Gasteiger charge is 2.42. The van der Waals surface area contributed by atoms with Crippen LogP contribution in [0.4, 0.5) is 5.82 Å². The minimum absolute atomic E-state index is 0.0551. The van der Waals surface area contributed by atoms with Gasteiger partial charge in [0.05, 0.1) is 0 Å². The number of fused-ring (bicyclic) bond motifs is 2. The Morgan fingerprint density at radius 2 is 2.05 bits per heavy atom. The summed E-state index contributed by atoms with van der Waals surface area (Å²) >= 11 is 0. The first-order valence-corrected chi connectivity index (χ1v) is 8.07. The summed E-state index contributed by atoms with van der Waals surface area (Å²) in [5.41, 5.74) is 1.01. The number of carbonyl (C=O) groups is 2. The van der Waals surface area contributed by atoms with Crippen molar-refractivity contribution in [3.8, 4) is 0 Å². The first-order valence-electron chi connectivity index (χ1n) is 8.07. The van der Waals surface area contributed by atoms with Gasteiger partial charge in [0.1, 0.15) is 5.82 Å². The number of amides is 2. The number of hydrogen-bond donors (Lipinski definition) is 2. The van der Waals surface area contributed by atoms with Crippen LogP contribution >= 0.6 is 0 Å². The summed E-state index contributed by atoms with van der Waals surface area (Å²) < 4.78 is 0. The van der Waals surface area contributed by atoms with E-state index in [0.29, 0.717) is 11.7 Å². The minimum Gasteiger partial charge on any atom is -0.345 e. The Morgan fingerprint density at radius 1 is 1.23 bits per heavy atom. The number of nitrogens with one attached hydrogen (secondary N) is 2. The van der Waals surface area contributed by atoms with Crippen molar-refractivity contribution in [3.63, 3.8) is 0 Å². The van der Waals surface area contributed by atoms with Crippen LogP contribution in [-0.2, 0) is 9.59 Å². The van der Waals surface area contributed by atoms with E-state index in [1.54, 1.807) is 12.3 Å². The van der Waals surface area contributed by atoms with Crippen LogP contribution in [0.15, 0.2) is 18.3 Å². The van der Waals surface area contributed by atoms with Crippen LogP contribution in [0, 0.1) is 24.7 Å². The zero-order valence-electron chi connectivity index (χ0n) is 13.1. The Morgan fingerprint density at radius 3 is 2.64 bits per heavy atom. The van der Waals surface area contributed by atoms with E-state index in [0.717, 1.165) is 17.4 Å². The van der Waals surface area contributed by atoms with Crippen LogP contribution in [0.2, 0.25) is 0 Å². The molecule has 1 heterocycles. The molecular formula is C17H23N3O2. The van der Waals surface area contributed by atoms with E-state index in [9.17, 15) is 9.59 Å². The smallest absolute Gasteiger partial charge is 0.314 e. The van der Waals surface area contributed by atoms with E-state index in [1.165, 1.54) is 25.7 Å². The SMILES string of the molecule is Cc1ccc(NC(=O)C(=O)NC(C)C2CC3CCC2C3)nc1. The van der Waals surface area contributed by atoms with Gasteiger partial charge in [0.2, 0.25) is 0 Å². The number of aryl methyl sites for hydroxylation is 1. The van der Waals surface area contributed by atoms with E-state index in [-0.39, 0.29) is 6.04 Å². The fourth-order valence-corrected chi connectivity index (χ4v) is 4.00. The number of carbonyl (C=O) groups excluding carboxylic acids is 2. The van der Waals surface area contributed by atoms with E-state index in [2.05, 4.69) is 15.6 Å². The van der Waals surface area contributed by atoms with E-state index in [1.807, 2.05) is 19.9 Å². The molecule has 0 spiro atoms. The molecule has 0 aliphatic heterocycles. The Kier molecular flexibility index (Phi) is 4.14. The van der Waals surface area contributed by atoms with Gasteiger partial charge in [0, 0.05) is 12.2 Å². The summed E-state index contributed by atoms with van der Waals surface area (Å²) in [6.45, 7) is 3.93. The zero-order chi connectivity index (χ0) is 15.7. The Labute approximate surface area is 130 Å². The lowest BCUT2D eigenvalue weighted by atomic mass is 9.84. The molecule has 0 radical (unpaired) electrons. The van der Waals surface area contributed by atoms with Crippen LogP contribution in [0.3, 0.4) is 0 Å². The topological polar surface area (TPSA) is 71.1 Å². The van der Waals surface area contributed by atoms with Gasteiger partial charge in [-0.2, -0.15) is 0 Å². The van der Waals surface area contributed by atoms with Crippen LogP contribution in [0.5, 0.6) is 0 Å². The maximum atomic E-state index is 12.0. The predicted molar refractivity (Wildman–Crippen MR) is 84.1 cm³/mol. The summed E-state index contributed by atoms with van der Waals surface area (Å²) in [6, 6.07) is 3.60. The molecule has 0 saturated heterocycles. The lowest BCUT2D eigenvalue weighted by molar-refractivity contribution is -0.136. The van der Waals surface area contributed by atoms with Crippen LogP contribution in [-0.4, -0.2) is 22.8 Å². The number of nitrogens with zero attached hydrogens (tertiary/aromatic N) is 1. The summed E-state index contributed by atoms with van der Waals surface area (Å²) in [4.78, 5) is 28.1. The van der Waals surface area contributed by atoms with Gasteiger partial charge >= 0.3 is 11.8 Å². The molecule has 2 N–H and O–H groups in total. The van der Waals surface area contributed by atoms with Crippen molar-refractivity contribution in [1.82, 2.24) is 10.3 Å². The van der Waals surface area contributed by atoms with Gasteiger partial charge in [-0.15, -0.1) is 0 Å². The predicted octanol–water partition coefficient (Wildman–Crippen LogP) is 2.27. The second-order valence-corrected chi connectivity index (χ2v) is 6.78. The van der Waals surface area contributed by atoms with E-state index in [4.69, 9.17) is 0 Å². The highest BCUT2D eigenvalue weighted by atomic mass is 16.2. The van der Waals surface area contributed by atoms with Crippen molar-refractivity contribution < 1.29 is 9.59 Å². The summed E-state index contributed by atoms with van der Waals surface area (Å²) in [5.74, 6) is 1.26. The molecule has 5 nitrogen and oxygen atoms in total. The van der Waals surface area contributed by atoms with Gasteiger partial charge in [-0.1, -0.05) is 12.5 Å². The number of pyridine rings is 1. The third-order valence-electron chi connectivity index (χ3n) is 5.15. The number of anilines is 1. The number of hydrogen-bond acceptors (Lipinski definition) is 3. The summed E-state index contributed by atoms with van der Waals surface area (Å²) in [6.07, 6.45) is 6.75. The van der Waals surface area contributed by atoms with Crippen molar-refractivity contribution >= 4 is 17.6 Å². The monoisotopic (exact) mass is 301 g/mol. The van der Waals surface area contributed by atoms with Crippen molar-refractivity contribution in [2.45, 2.75) is 45.6 Å². The van der Waals surface area contributed by atoms with Gasteiger partial charge in [0.25, 0.3) is 0 Å². The van der Waals surface area contributed by atoms with Gasteiger partial charge in [-0.05, 0) is 62.5 Å². The molecule has 0 aromatic carbocycles. The maximum Gasteiger partial charge on any atom is 0.314 e. The molecule has 2 bridgehead atoms. The van der Waals surface area contributed by atoms with Gasteiger partial charge in [-0.25, -0.2) is 4.98 Å². The summed E-state index contributed by atoms with van der Waals surface area (Å²) in [5, 5.41) is 5.40. The molecule has 4 unspecified atom stereocenters. The molecular weight excluding hydrogens is 278 g/mol. The fourth-order valence-electron chi connectivity index (χ4n) is 4.00. The highest BCUT2D eigenvalue weighted by molar-refractivity contribution is 6.39. The zero-order valence-corrected chi connectivity index (χ0v) is 13.1. The average molecular weight is 301 g/mol. The first kappa shape index (κ1) is 15.0. The largest absolute Gasteiger partial charge is 0.345 e. The molecule has 4 atom stereocenters. The molecule has 5 heteroatoms. The van der Waals surface area contributed by atoms with Crippen LogP contribution < -0.4 is 10.6 Å². The van der Waals surface area contributed by atoms with Crippen molar-refractivity contribution in [3.05, 3.63) is 23.9 Å². The second-order valence-electron chi connectivity index (χ2n) is 6.78. The molecule has 22 heavy (non-hydrogen) atoms. The lowest BCUT2D eigenvalue weighted by Crippen LogP contribution is -2.45. The van der Waals surface area contributed by atoms with Gasteiger partial charge < -0.3 is 10.6 Å². The lowest BCUT2D eigenvalue weighted by Gasteiger charge is -2.28. The Bertz CT molecular complexity index is 570.